The second-order valence-electron chi connectivity index (χ2n) is 11.5. The molecule has 0 saturated heterocycles. The van der Waals surface area contributed by atoms with Crippen molar-refractivity contribution in [2.24, 2.45) is 0 Å². The summed E-state index contributed by atoms with van der Waals surface area (Å²) in [7, 11) is 0. The number of aliphatic hydroxyl groups excluding tert-OH is 2. The predicted molar refractivity (Wildman–Crippen MR) is 188 cm³/mol. The third kappa shape index (κ3) is 6.42. The van der Waals surface area contributed by atoms with Gasteiger partial charge in [-0.25, -0.2) is 9.03 Å². The van der Waals surface area contributed by atoms with Gasteiger partial charge >= 0.3 is 0 Å². The minimum Gasteiger partial charge on any atom is -0.395 e. The fourth-order valence-corrected chi connectivity index (χ4v) is 6.53. The smallest absolute Gasteiger partial charge is 0.276 e. The monoisotopic (exact) mass is 690 g/mol. The molecule has 4 heterocycles. The molecule has 6 aromatic rings. The number of hydrogen-bond donors (Lipinski definition) is 4. The van der Waals surface area contributed by atoms with Gasteiger partial charge in [-0.1, -0.05) is 59.6 Å². The van der Waals surface area contributed by atoms with Crippen molar-refractivity contribution in [1.29, 1.82) is 0 Å². The minimum absolute atomic E-state index is 0.0305. The lowest BCUT2D eigenvalue weighted by molar-refractivity contribution is 0.291. The molecule has 0 spiro atoms. The average molecular weight is 692 g/mol. The Kier molecular flexibility index (Phi) is 10.1. The third-order valence-electron chi connectivity index (χ3n) is 8.31. The van der Waals surface area contributed by atoms with Crippen molar-refractivity contribution in [3.8, 4) is 33.6 Å². The summed E-state index contributed by atoms with van der Waals surface area (Å²) in [6, 6.07) is 14.7. The zero-order valence-electron chi connectivity index (χ0n) is 26.6. The van der Waals surface area contributed by atoms with Gasteiger partial charge in [-0.2, -0.15) is 10.2 Å². The summed E-state index contributed by atoms with van der Waals surface area (Å²) in [6.45, 7) is 6.69. The Labute approximate surface area is 285 Å². The van der Waals surface area contributed by atoms with E-state index in [9.17, 15) is 9.59 Å². The Morgan fingerprint density at radius 1 is 0.646 bits per heavy atom. The summed E-state index contributed by atoms with van der Waals surface area (Å²) in [5.74, 6) is 0. The summed E-state index contributed by atoms with van der Waals surface area (Å²) in [6.07, 6.45) is 3.62. The molecule has 0 amide bonds. The molecule has 0 aliphatic carbocycles. The predicted octanol–water partition coefficient (Wildman–Crippen LogP) is 3.39. The second-order valence-corrected chi connectivity index (χ2v) is 12.2. The molecule has 250 valence electrons. The Morgan fingerprint density at radius 2 is 1.04 bits per heavy atom. The van der Waals surface area contributed by atoms with Crippen LogP contribution in [0.15, 0.2) is 70.5 Å². The number of hydrogen-bond acceptors (Lipinski definition) is 8. The van der Waals surface area contributed by atoms with E-state index in [-0.39, 0.29) is 24.3 Å². The lowest BCUT2D eigenvalue weighted by Crippen LogP contribution is -2.30. The van der Waals surface area contributed by atoms with E-state index in [0.29, 0.717) is 94.0 Å². The normalized spacial score (nSPS) is 11.7. The molecular weight excluding hydrogens is 655 g/mol. The van der Waals surface area contributed by atoms with E-state index in [1.807, 2.05) is 62.6 Å². The van der Waals surface area contributed by atoms with Gasteiger partial charge < -0.3 is 30.0 Å². The average Bonchev–Trinajstić information content (AvgIpc) is 3.69. The van der Waals surface area contributed by atoms with Gasteiger partial charge in [0.2, 0.25) is 0 Å². The van der Waals surface area contributed by atoms with Gasteiger partial charge in [-0.15, -0.1) is 0 Å². The van der Waals surface area contributed by atoms with E-state index in [4.69, 9.17) is 43.6 Å². The van der Waals surface area contributed by atoms with E-state index < -0.39 is 0 Å². The second kappa shape index (κ2) is 14.4. The zero-order chi connectivity index (χ0) is 33.9. The van der Waals surface area contributed by atoms with Gasteiger partial charge in [0.1, 0.15) is 11.0 Å². The maximum Gasteiger partial charge on any atom is 0.276 e. The molecule has 0 unspecified atom stereocenters. The quantitative estimate of drug-likeness (QED) is 0.135. The molecular formula is C34H36Cl2N8O4. The molecule has 4 aromatic heterocycles. The van der Waals surface area contributed by atoms with Crippen molar-refractivity contribution in [1.82, 2.24) is 39.0 Å². The van der Waals surface area contributed by atoms with Crippen LogP contribution in [0.3, 0.4) is 0 Å². The van der Waals surface area contributed by atoms with E-state index in [1.165, 1.54) is 0 Å². The number of aromatic nitrogens is 6. The zero-order valence-corrected chi connectivity index (χ0v) is 28.1. The summed E-state index contributed by atoms with van der Waals surface area (Å²) in [4.78, 5) is 26.8. The Morgan fingerprint density at radius 3 is 1.44 bits per heavy atom. The fourth-order valence-electron chi connectivity index (χ4n) is 5.88. The lowest BCUT2D eigenvalue weighted by atomic mass is 9.98. The number of nitrogens with one attached hydrogen (secondary N) is 2. The maximum absolute atomic E-state index is 13.4. The number of nitrogens with zero attached hydrogens (tertiary/aromatic N) is 6. The minimum atomic E-state index is -0.171. The van der Waals surface area contributed by atoms with Gasteiger partial charge in [-0.05, 0) is 26.0 Å². The highest BCUT2D eigenvalue weighted by Crippen LogP contribution is 2.42. The molecule has 12 nitrogen and oxygen atoms in total. The van der Waals surface area contributed by atoms with Crippen LogP contribution in [-0.4, -0.2) is 78.0 Å². The van der Waals surface area contributed by atoms with Crippen LogP contribution < -0.4 is 21.8 Å². The van der Waals surface area contributed by atoms with Crippen LogP contribution in [0.4, 0.5) is 0 Å². The molecule has 14 heteroatoms. The summed E-state index contributed by atoms with van der Waals surface area (Å²) < 4.78 is 6.51. The highest BCUT2D eigenvalue weighted by molar-refractivity contribution is 6.39. The molecule has 48 heavy (non-hydrogen) atoms. The molecule has 0 saturated carbocycles. The molecule has 6 rings (SSSR count). The van der Waals surface area contributed by atoms with Gasteiger partial charge in [-0.3, -0.25) is 9.59 Å². The summed E-state index contributed by atoms with van der Waals surface area (Å²) in [5.41, 5.74) is 5.74. The Balaban J connectivity index is 1.35. The first-order valence-electron chi connectivity index (χ1n) is 15.6. The lowest BCUT2D eigenvalue weighted by Gasteiger charge is -2.12. The highest BCUT2D eigenvalue weighted by atomic mass is 35.5. The Bertz CT molecular complexity index is 2080. The largest absolute Gasteiger partial charge is 0.395 e. The van der Waals surface area contributed by atoms with Crippen LogP contribution in [0.2, 0.25) is 10.0 Å². The topological polar surface area (TPSA) is 143 Å². The molecule has 0 radical (unpaired) electrons. The first-order chi connectivity index (χ1) is 23.2. The number of aliphatic hydroxyl groups is 2. The highest BCUT2D eigenvalue weighted by Gasteiger charge is 2.20. The van der Waals surface area contributed by atoms with Gasteiger partial charge in [0.15, 0.2) is 0 Å². The van der Waals surface area contributed by atoms with E-state index in [0.717, 1.165) is 11.4 Å². The molecule has 0 aliphatic heterocycles. The van der Waals surface area contributed by atoms with Gasteiger partial charge in [0.05, 0.1) is 34.6 Å². The first-order valence-corrected chi connectivity index (χ1v) is 16.4. The fraction of sp³-hybridized carbons (Fsp3) is 0.294. The molecule has 0 fully saturated rings. The van der Waals surface area contributed by atoms with Gasteiger partial charge in [0.25, 0.3) is 11.1 Å². The van der Waals surface area contributed by atoms with E-state index >= 15 is 0 Å². The van der Waals surface area contributed by atoms with Gasteiger partial charge in [0, 0.05) is 85.3 Å². The van der Waals surface area contributed by atoms with Crippen molar-refractivity contribution in [2.45, 2.75) is 26.9 Å². The maximum atomic E-state index is 13.4. The number of aryl methyl sites for hydroxylation is 2. The van der Waals surface area contributed by atoms with E-state index in [1.54, 1.807) is 30.3 Å². The SMILES string of the molecule is Cc1cn2nc(-c3cccc(-c4cccc(-c5cc6c(=O)n(CCNCCO)c(C)cn6n5)c4Cl)c3Cl)cc2c(=O)n1CCNCCO. The number of rotatable bonds is 13. The molecule has 0 bridgehead atoms. The number of fused-ring (bicyclic) bond motifs is 2. The van der Waals surface area contributed by atoms with Crippen LogP contribution in [0.25, 0.3) is 44.7 Å². The van der Waals surface area contributed by atoms with Crippen molar-refractivity contribution in [2.75, 3.05) is 39.4 Å². The summed E-state index contributed by atoms with van der Waals surface area (Å²) in [5, 5.41) is 34.5. The summed E-state index contributed by atoms with van der Waals surface area (Å²) >= 11 is 14.1. The third-order valence-corrected chi connectivity index (χ3v) is 9.13. The molecule has 4 N–H and O–H groups in total. The van der Waals surface area contributed by atoms with Crippen LogP contribution in [0.5, 0.6) is 0 Å². The van der Waals surface area contributed by atoms with Crippen molar-refractivity contribution in [3.05, 3.63) is 103 Å². The van der Waals surface area contributed by atoms with Crippen LogP contribution in [-0.2, 0) is 13.1 Å². The standard InChI is InChI=1S/C34H36Cl2N8O4/c1-21-19-43-29(33(47)41(21)13-9-37-11-15-45)17-27(39-43)25-7-3-5-23(31(25)35)24-6-4-8-26(32(24)36)28-18-30-34(48)42(14-10-38-12-16-46)22(2)20-44(30)40-28/h3-8,17-20,37-38,45-46H,9-16H2,1-2H3. The molecule has 0 aliphatic rings. The van der Waals surface area contributed by atoms with Crippen molar-refractivity contribution >= 4 is 34.2 Å². The van der Waals surface area contributed by atoms with Crippen LogP contribution in [0.1, 0.15) is 11.4 Å². The number of benzene rings is 2. The van der Waals surface area contributed by atoms with Crippen molar-refractivity contribution < 1.29 is 10.2 Å². The molecule has 0 atom stereocenters. The number of halogens is 2. The molecule has 2 aromatic carbocycles. The van der Waals surface area contributed by atoms with E-state index in [2.05, 4.69) is 10.6 Å². The first kappa shape index (κ1) is 33.6. The van der Waals surface area contributed by atoms with Crippen LogP contribution >= 0.6 is 23.2 Å². The Hall–Kier alpha value is -4.30. The van der Waals surface area contributed by atoms with Crippen molar-refractivity contribution in [3.63, 3.8) is 0 Å². The van der Waals surface area contributed by atoms with Crippen LogP contribution in [0, 0.1) is 13.8 Å².